The number of hydrogen-bond donors (Lipinski definition) is 1. The maximum Gasteiger partial charge on any atom is 0.251 e. The molecule has 0 spiro atoms. The van der Waals surface area contributed by atoms with Gasteiger partial charge in [0.15, 0.2) is 11.5 Å². The number of methoxy groups -OCH3 is 1. The molecule has 0 unspecified atom stereocenters. The van der Waals surface area contributed by atoms with Crippen LogP contribution in [-0.2, 0) is 16.6 Å². The summed E-state index contributed by atoms with van der Waals surface area (Å²) in [5.41, 5.74) is 1.28. The highest BCUT2D eigenvalue weighted by atomic mass is 32.2. The second-order valence-corrected chi connectivity index (χ2v) is 8.67. The molecule has 3 rings (SSSR count). The van der Waals surface area contributed by atoms with Gasteiger partial charge in [-0.3, -0.25) is 4.79 Å². The molecule has 2 aromatic carbocycles. The average Bonchev–Trinajstić information content (AvgIpc) is 3.28. The van der Waals surface area contributed by atoms with E-state index in [2.05, 4.69) is 5.32 Å². The van der Waals surface area contributed by atoms with Gasteiger partial charge in [-0.1, -0.05) is 12.1 Å². The molecule has 156 valence electrons. The van der Waals surface area contributed by atoms with E-state index in [1.54, 1.807) is 49.6 Å². The van der Waals surface area contributed by atoms with Crippen LogP contribution in [0.5, 0.6) is 11.5 Å². The standard InChI is InChI=1S/C21H26N2O5S/c1-3-28-20-14-17(8-11-19(20)27-2)21(24)22-15-16-6-9-18(10-7-16)29(25,26)23-12-4-5-13-23/h6-11,14H,3-5,12-13,15H2,1-2H3,(H,22,24). The van der Waals surface area contributed by atoms with Crippen molar-refractivity contribution in [2.24, 2.45) is 0 Å². The number of nitrogens with one attached hydrogen (secondary N) is 1. The molecule has 1 saturated heterocycles. The number of carbonyl (C=O) groups is 1. The van der Waals surface area contributed by atoms with E-state index in [1.165, 1.54) is 4.31 Å². The van der Waals surface area contributed by atoms with E-state index in [1.807, 2.05) is 6.92 Å². The number of amides is 1. The highest BCUT2D eigenvalue weighted by Gasteiger charge is 2.26. The van der Waals surface area contributed by atoms with Crippen molar-refractivity contribution in [1.82, 2.24) is 9.62 Å². The van der Waals surface area contributed by atoms with Gasteiger partial charge in [0.2, 0.25) is 10.0 Å². The number of rotatable bonds is 8. The van der Waals surface area contributed by atoms with Crippen LogP contribution in [0.4, 0.5) is 0 Å². The van der Waals surface area contributed by atoms with Gasteiger partial charge in [0, 0.05) is 25.2 Å². The van der Waals surface area contributed by atoms with E-state index in [4.69, 9.17) is 9.47 Å². The molecule has 1 fully saturated rings. The molecule has 8 heteroatoms. The molecule has 1 aliphatic heterocycles. The molecule has 1 amide bonds. The zero-order chi connectivity index (χ0) is 20.9. The molecule has 0 atom stereocenters. The van der Waals surface area contributed by atoms with Crippen molar-refractivity contribution in [1.29, 1.82) is 0 Å². The van der Waals surface area contributed by atoms with Crippen LogP contribution in [0.1, 0.15) is 35.7 Å². The first-order valence-electron chi connectivity index (χ1n) is 9.64. The molecule has 0 aliphatic carbocycles. The molecular formula is C21H26N2O5S. The van der Waals surface area contributed by atoms with Gasteiger partial charge in [0.1, 0.15) is 0 Å². The Morgan fingerprint density at radius 1 is 1.07 bits per heavy atom. The second-order valence-electron chi connectivity index (χ2n) is 6.74. The van der Waals surface area contributed by atoms with Crippen LogP contribution in [0, 0.1) is 0 Å². The number of carbonyl (C=O) groups excluding carboxylic acids is 1. The fourth-order valence-corrected chi connectivity index (χ4v) is 4.74. The summed E-state index contributed by atoms with van der Waals surface area (Å²) in [7, 11) is -1.88. The Hall–Kier alpha value is -2.58. The van der Waals surface area contributed by atoms with Crippen LogP contribution >= 0.6 is 0 Å². The molecule has 2 aromatic rings. The predicted octanol–water partition coefficient (Wildman–Crippen LogP) is 2.81. The van der Waals surface area contributed by atoms with E-state index < -0.39 is 10.0 Å². The third kappa shape index (κ3) is 4.89. The van der Waals surface area contributed by atoms with Crippen LogP contribution in [0.2, 0.25) is 0 Å². The molecular weight excluding hydrogens is 392 g/mol. The van der Waals surface area contributed by atoms with E-state index in [-0.39, 0.29) is 10.8 Å². The first-order valence-corrected chi connectivity index (χ1v) is 11.1. The van der Waals surface area contributed by atoms with Gasteiger partial charge < -0.3 is 14.8 Å². The lowest BCUT2D eigenvalue weighted by Gasteiger charge is -2.15. The fraction of sp³-hybridized carbons (Fsp3) is 0.381. The molecule has 0 saturated carbocycles. The monoisotopic (exact) mass is 418 g/mol. The Labute approximate surface area is 171 Å². The van der Waals surface area contributed by atoms with Gasteiger partial charge in [-0.05, 0) is 55.7 Å². The highest BCUT2D eigenvalue weighted by Crippen LogP contribution is 2.28. The predicted molar refractivity (Wildman–Crippen MR) is 110 cm³/mol. The van der Waals surface area contributed by atoms with Crippen molar-refractivity contribution in [2.45, 2.75) is 31.2 Å². The van der Waals surface area contributed by atoms with Crippen molar-refractivity contribution >= 4 is 15.9 Å². The zero-order valence-electron chi connectivity index (χ0n) is 16.7. The maximum absolute atomic E-state index is 12.6. The van der Waals surface area contributed by atoms with Gasteiger partial charge in [0.25, 0.3) is 5.91 Å². The van der Waals surface area contributed by atoms with Gasteiger partial charge in [0.05, 0.1) is 18.6 Å². The minimum atomic E-state index is -3.43. The fourth-order valence-electron chi connectivity index (χ4n) is 3.23. The summed E-state index contributed by atoms with van der Waals surface area (Å²) >= 11 is 0. The quantitative estimate of drug-likeness (QED) is 0.713. The van der Waals surface area contributed by atoms with E-state index in [9.17, 15) is 13.2 Å². The summed E-state index contributed by atoms with van der Waals surface area (Å²) in [6, 6.07) is 11.6. The highest BCUT2D eigenvalue weighted by molar-refractivity contribution is 7.89. The van der Waals surface area contributed by atoms with Crippen molar-refractivity contribution < 1.29 is 22.7 Å². The number of hydrogen-bond acceptors (Lipinski definition) is 5. The molecule has 29 heavy (non-hydrogen) atoms. The van der Waals surface area contributed by atoms with Gasteiger partial charge in [-0.15, -0.1) is 0 Å². The zero-order valence-corrected chi connectivity index (χ0v) is 17.5. The lowest BCUT2D eigenvalue weighted by molar-refractivity contribution is 0.0950. The molecule has 0 bridgehead atoms. The Morgan fingerprint density at radius 3 is 2.38 bits per heavy atom. The number of nitrogens with zero attached hydrogens (tertiary/aromatic N) is 1. The number of ether oxygens (including phenoxy) is 2. The molecule has 1 N–H and O–H groups in total. The number of sulfonamides is 1. The topological polar surface area (TPSA) is 84.9 Å². The Kier molecular flexibility index (Phi) is 6.76. The van der Waals surface area contributed by atoms with Gasteiger partial charge in [-0.2, -0.15) is 4.31 Å². The Morgan fingerprint density at radius 2 is 1.76 bits per heavy atom. The summed E-state index contributed by atoms with van der Waals surface area (Å²) in [4.78, 5) is 12.7. The van der Waals surface area contributed by atoms with Crippen molar-refractivity contribution in [3.8, 4) is 11.5 Å². The molecule has 7 nitrogen and oxygen atoms in total. The van der Waals surface area contributed by atoms with Gasteiger partial charge >= 0.3 is 0 Å². The second kappa shape index (κ2) is 9.28. The van der Waals surface area contributed by atoms with E-state index in [0.29, 0.717) is 43.3 Å². The summed E-state index contributed by atoms with van der Waals surface area (Å²) in [5.74, 6) is 0.833. The SMILES string of the molecule is CCOc1cc(C(=O)NCc2ccc(S(=O)(=O)N3CCCC3)cc2)ccc1OC. The van der Waals surface area contributed by atoms with Crippen LogP contribution in [0.3, 0.4) is 0 Å². The number of benzene rings is 2. The maximum atomic E-state index is 12.6. The third-order valence-electron chi connectivity index (χ3n) is 4.80. The van der Waals surface area contributed by atoms with E-state index in [0.717, 1.165) is 18.4 Å². The minimum absolute atomic E-state index is 0.248. The largest absolute Gasteiger partial charge is 0.493 e. The van der Waals surface area contributed by atoms with Crippen LogP contribution in [0.15, 0.2) is 47.4 Å². The molecule has 1 heterocycles. The molecule has 1 aliphatic rings. The minimum Gasteiger partial charge on any atom is -0.493 e. The smallest absolute Gasteiger partial charge is 0.251 e. The summed E-state index contributed by atoms with van der Waals surface area (Å²) in [6.45, 7) is 3.77. The van der Waals surface area contributed by atoms with Gasteiger partial charge in [-0.25, -0.2) is 8.42 Å². The van der Waals surface area contributed by atoms with Crippen molar-refractivity contribution in [3.05, 3.63) is 53.6 Å². The summed E-state index contributed by atoms with van der Waals surface area (Å²) in [6.07, 6.45) is 1.80. The molecule has 0 aromatic heterocycles. The first kappa shape index (κ1) is 21.1. The summed E-state index contributed by atoms with van der Waals surface area (Å²) < 4.78 is 37.4. The average molecular weight is 419 g/mol. The van der Waals surface area contributed by atoms with Crippen molar-refractivity contribution in [2.75, 3.05) is 26.8 Å². The first-order chi connectivity index (χ1) is 14.0. The van der Waals surface area contributed by atoms with Crippen molar-refractivity contribution in [3.63, 3.8) is 0 Å². The lowest BCUT2D eigenvalue weighted by atomic mass is 10.1. The normalized spacial score (nSPS) is 14.6. The Balaban J connectivity index is 1.64. The van der Waals surface area contributed by atoms with Crippen LogP contribution in [-0.4, -0.2) is 45.4 Å². The van der Waals surface area contributed by atoms with E-state index >= 15 is 0 Å². The van der Waals surface area contributed by atoms with Crippen LogP contribution < -0.4 is 14.8 Å². The summed E-state index contributed by atoms with van der Waals surface area (Å²) in [5, 5.41) is 2.84. The third-order valence-corrected chi connectivity index (χ3v) is 6.72. The van der Waals surface area contributed by atoms with Crippen LogP contribution in [0.25, 0.3) is 0 Å². The lowest BCUT2D eigenvalue weighted by Crippen LogP contribution is -2.28. The molecule has 0 radical (unpaired) electrons. The Bertz CT molecular complexity index is 952.